The number of aromatic nitrogens is 1. The predicted molar refractivity (Wildman–Crippen MR) is 82.1 cm³/mol. The number of hydrogen-bond donors (Lipinski definition) is 1. The average molecular weight is 304 g/mol. The molecule has 1 aromatic heterocycles. The van der Waals surface area contributed by atoms with Gasteiger partial charge in [-0.15, -0.1) is 11.3 Å². The van der Waals surface area contributed by atoms with E-state index in [1.807, 2.05) is 13.8 Å². The summed E-state index contributed by atoms with van der Waals surface area (Å²) in [6, 6.07) is 6.56. The van der Waals surface area contributed by atoms with Crippen LogP contribution in [-0.2, 0) is 10.2 Å². The van der Waals surface area contributed by atoms with Crippen molar-refractivity contribution < 1.29 is 9.18 Å². The van der Waals surface area contributed by atoms with E-state index in [1.165, 1.54) is 17.4 Å². The molecule has 0 unspecified atom stereocenters. The number of thiazole rings is 1. The molecule has 0 radical (unpaired) electrons. The maximum Gasteiger partial charge on any atom is 0.236 e. The van der Waals surface area contributed by atoms with E-state index in [0.29, 0.717) is 23.5 Å². The van der Waals surface area contributed by atoms with Crippen molar-refractivity contribution in [1.29, 1.82) is 0 Å². The first-order valence-electron chi connectivity index (χ1n) is 7.03. The summed E-state index contributed by atoms with van der Waals surface area (Å²) >= 11 is 1.46. The zero-order valence-electron chi connectivity index (χ0n) is 12.1. The van der Waals surface area contributed by atoms with E-state index in [0.717, 1.165) is 17.0 Å². The van der Waals surface area contributed by atoms with Crippen LogP contribution in [0, 0.1) is 19.7 Å². The van der Waals surface area contributed by atoms with Crippen LogP contribution in [0.2, 0.25) is 0 Å². The Balaban J connectivity index is 1.89. The summed E-state index contributed by atoms with van der Waals surface area (Å²) in [5, 5.41) is 3.47. The van der Waals surface area contributed by atoms with E-state index in [1.54, 1.807) is 18.2 Å². The lowest BCUT2D eigenvalue weighted by atomic mass is 9.63. The smallest absolute Gasteiger partial charge is 0.236 e. The lowest BCUT2D eigenvalue weighted by Gasteiger charge is -2.40. The molecule has 3 rings (SSSR count). The second-order valence-corrected chi connectivity index (χ2v) is 6.73. The molecule has 110 valence electrons. The first kappa shape index (κ1) is 14.2. The third-order valence-electron chi connectivity index (χ3n) is 4.28. The molecule has 0 saturated heterocycles. The van der Waals surface area contributed by atoms with Gasteiger partial charge in [0, 0.05) is 10.4 Å². The largest absolute Gasteiger partial charge is 0.301 e. The lowest BCUT2D eigenvalue weighted by molar-refractivity contribution is -0.124. The van der Waals surface area contributed by atoms with E-state index in [9.17, 15) is 9.18 Å². The summed E-state index contributed by atoms with van der Waals surface area (Å²) in [4.78, 5) is 18.1. The molecule has 1 aromatic carbocycles. The molecule has 21 heavy (non-hydrogen) atoms. The van der Waals surface area contributed by atoms with Crippen molar-refractivity contribution in [1.82, 2.24) is 4.98 Å². The van der Waals surface area contributed by atoms with E-state index < -0.39 is 5.41 Å². The molecule has 1 amide bonds. The van der Waals surface area contributed by atoms with Crippen LogP contribution in [0.3, 0.4) is 0 Å². The van der Waals surface area contributed by atoms with E-state index in [-0.39, 0.29) is 11.7 Å². The molecule has 0 atom stereocenters. The van der Waals surface area contributed by atoms with Crippen molar-refractivity contribution in [2.45, 2.75) is 38.5 Å². The van der Waals surface area contributed by atoms with Gasteiger partial charge in [0.2, 0.25) is 5.91 Å². The van der Waals surface area contributed by atoms with Crippen molar-refractivity contribution in [3.63, 3.8) is 0 Å². The summed E-state index contributed by atoms with van der Waals surface area (Å²) in [7, 11) is 0. The van der Waals surface area contributed by atoms with Gasteiger partial charge in [0.1, 0.15) is 5.82 Å². The molecule has 0 aliphatic heterocycles. The van der Waals surface area contributed by atoms with Gasteiger partial charge >= 0.3 is 0 Å². The minimum Gasteiger partial charge on any atom is -0.301 e. The van der Waals surface area contributed by atoms with E-state index in [4.69, 9.17) is 0 Å². The summed E-state index contributed by atoms with van der Waals surface area (Å²) < 4.78 is 14.1. The molecule has 1 heterocycles. The Hall–Kier alpha value is -1.75. The zero-order valence-corrected chi connectivity index (χ0v) is 12.9. The van der Waals surface area contributed by atoms with Crippen LogP contribution >= 0.6 is 11.3 Å². The van der Waals surface area contributed by atoms with Crippen molar-refractivity contribution in [3.8, 4) is 0 Å². The van der Waals surface area contributed by atoms with Crippen LogP contribution in [0.1, 0.15) is 35.4 Å². The predicted octanol–water partition coefficient (Wildman–Crippen LogP) is 3.96. The average Bonchev–Trinajstić information content (AvgIpc) is 2.69. The summed E-state index contributed by atoms with van der Waals surface area (Å²) in [5.74, 6) is -0.452. The molecule has 1 aliphatic rings. The molecule has 3 nitrogen and oxygen atoms in total. The Kier molecular flexibility index (Phi) is 3.53. The number of rotatable bonds is 3. The number of benzene rings is 1. The van der Waals surface area contributed by atoms with Crippen molar-refractivity contribution in [2.24, 2.45) is 0 Å². The van der Waals surface area contributed by atoms with Gasteiger partial charge in [0.05, 0.1) is 11.1 Å². The lowest BCUT2D eigenvalue weighted by Crippen LogP contribution is -2.46. The fourth-order valence-corrected chi connectivity index (χ4v) is 3.55. The molecule has 1 N–H and O–H groups in total. The van der Waals surface area contributed by atoms with Crippen LogP contribution in [0.15, 0.2) is 24.3 Å². The van der Waals surface area contributed by atoms with Gasteiger partial charge in [-0.2, -0.15) is 0 Å². The second-order valence-electron chi connectivity index (χ2n) is 5.53. The van der Waals surface area contributed by atoms with Crippen LogP contribution < -0.4 is 5.32 Å². The number of carbonyl (C=O) groups is 1. The van der Waals surface area contributed by atoms with E-state index in [2.05, 4.69) is 10.3 Å². The third kappa shape index (κ3) is 2.35. The topological polar surface area (TPSA) is 42.0 Å². The Morgan fingerprint density at radius 1 is 1.33 bits per heavy atom. The molecule has 1 aliphatic carbocycles. The Morgan fingerprint density at radius 3 is 2.57 bits per heavy atom. The summed E-state index contributed by atoms with van der Waals surface area (Å²) in [5.41, 5.74) is 0.682. The monoisotopic (exact) mass is 304 g/mol. The number of hydrogen-bond acceptors (Lipinski definition) is 3. The highest BCUT2D eigenvalue weighted by Crippen LogP contribution is 2.45. The minimum atomic E-state index is -0.737. The highest BCUT2D eigenvalue weighted by atomic mass is 32.1. The van der Waals surface area contributed by atoms with Gasteiger partial charge in [-0.25, -0.2) is 9.37 Å². The number of halogens is 1. The van der Waals surface area contributed by atoms with Crippen LogP contribution in [-0.4, -0.2) is 10.9 Å². The highest BCUT2D eigenvalue weighted by molar-refractivity contribution is 7.15. The van der Waals surface area contributed by atoms with Crippen molar-refractivity contribution >= 4 is 22.4 Å². The molecule has 5 heteroatoms. The third-order valence-corrected chi connectivity index (χ3v) is 5.27. The summed E-state index contributed by atoms with van der Waals surface area (Å²) in [6.45, 7) is 3.89. The Bertz CT molecular complexity index is 672. The van der Waals surface area contributed by atoms with Gasteiger partial charge in [-0.1, -0.05) is 24.6 Å². The number of anilines is 1. The quantitative estimate of drug-likeness (QED) is 0.932. The standard InChI is InChI=1S/C16H17FN2OS/c1-10-11(2)21-15(18-10)19-14(20)16(8-5-9-16)12-6-3-4-7-13(12)17/h3-4,6-7H,5,8-9H2,1-2H3,(H,18,19,20). The summed E-state index contributed by atoms with van der Waals surface area (Å²) in [6.07, 6.45) is 2.31. The molecule has 2 aromatic rings. The highest BCUT2D eigenvalue weighted by Gasteiger charge is 2.47. The van der Waals surface area contributed by atoms with Gasteiger partial charge < -0.3 is 5.32 Å². The molecule has 0 spiro atoms. The molecular weight excluding hydrogens is 287 g/mol. The fourth-order valence-electron chi connectivity index (χ4n) is 2.74. The zero-order chi connectivity index (χ0) is 15.0. The van der Waals surface area contributed by atoms with Gasteiger partial charge in [0.15, 0.2) is 5.13 Å². The molecule has 1 saturated carbocycles. The maximum absolute atomic E-state index is 14.1. The number of nitrogens with zero attached hydrogens (tertiary/aromatic N) is 1. The number of carbonyl (C=O) groups excluding carboxylic acids is 1. The van der Waals surface area contributed by atoms with Crippen LogP contribution in [0.25, 0.3) is 0 Å². The number of nitrogens with one attached hydrogen (secondary N) is 1. The van der Waals surface area contributed by atoms with Crippen molar-refractivity contribution in [3.05, 3.63) is 46.2 Å². The van der Waals surface area contributed by atoms with E-state index >= 15 is 0 Å². The Labute approximate surface area is 127 Å². The molecule has 1 fully saturated rings. The van der Waals surface area contributed by atoms with Gasteiger partial charge in [-0.05, 0) is 32.8 Å². The second kappa shape index (κ2) is 5.22. The first-order valence-corrected chi connectivity index (χ1v) is 7.85. The van der Waals surface area contributed by atoms with Crippen molar-refractivity contribution in [2.75, 3.05) is 5.32 Å². The molecule has 0 bridgehead atoms. The maximum atomic E-state index is 14.1. The van der Waals surface area contributed by atoms with Crippen LogP contribution in [0.4, 0.5) is 9.52 Å². The first-order chi connectivity index (χ1) is 10.0. The van der Waals surface area contributed by atoms with Gasteiger partial charge in [0.25, 0.3) is 0 Å². The number of amides is 1. The minimum absolute atomic E-state index is 0.146. The van der Waals surface area contributed by atoms with Crippen LogP contribution in [0.5, 0.6) is 0 Å². The normalized spacial score (nSPS) is 16.3. The Morgan fingerprint density at radius 2 is 2.05 bits per heavy atom. The fraction of sp³-hybridized carbons (Fsp3) is 0.375. The SMILES string of the molecule is Cc1nc(NC(=O)C2(c3ccccc3F)CCC2)sc1C. The molecular formula is C16H17FN2OS. The van der Waals surface area contributed by atoms with Gasteiger partial charge in [-0.3, -0.25) is 4.79 Å². The number of aryl methyl sites for hydroxylation is 2.